The highest BCUT2D eigenvalue weighted by Crippen LogP contribution is 2.31. The Morgan fingerprint density at radius 1 is 0.750 bits per heavy atom. The summed E-state index contributed by atoms with van der Waals surface area (Å²) in [6.45, 7) is 0. The molecule has 0 aliphatic carbocycles. The van der Waals surface area contributed by atoms with Crippen molar-refractivity contribution in [1.82, 2.24) is 0 Å². The summed E-state index contributed by atoms with van der Waals surface area (Å²) in [4.78, 5) is 0. The predicted octanol–water partition coefficient (Wildman–Crippen LogP) is 3.53. The molecule has 0 aliphatic rings. The number of benzene rings is 2. The van der Waals surface area contributed by atoms with E-state index in [2.05, 4.69) is 10.6 Å². The molecule has 2 aromatic carbocycles. The predicted molar refractivity (Wildman–Crippen MR) is 98.9 cm³/mol. The second-order valence-electron chi connectivity index (χ2n) is 4.72. The zero-order valence-corrected chi connectivity index (χ0v) is 14.8. The largest absolute Gasteiger partial charge is 0.497 e. The standard InChI is InChI=1S/C17H20N2O4S/c1-20-12-6-8-14(21-2)13(10-12)19-17(24)18-11-5-7-15(22-3)16(9-11)23-4/h5-10H,1-4H3,(H2,18,19,24). The van der Waals surface area contributed by atoms with Gasteiger partial charge in [0.15, 0.2) is 16.6 Å². The highest BCUT2D eigenvalue weighted by atomic mass is 32.1. The Hall–Kier alpha value is -2.67. The van der Waals surface area contributed by atoms with Gasteiger partial charge in [-0.25, -0.2) is 0 Å². The Bertz CT molecular complexity index is 722. The fraction of sp³-hybridized carbons (Fsp3) is 0.235. The maximum absolute atomic E-state index is 5.36. The lowest BCUT2D eigenvalue weighted by Gasteiger charge is -2.15. The number of methoxy groups -OCH3 is 4. The third-order valence-corrected chi connectivity index (χ3v) is 3.50. The van der Waals surface area contributed by atoms with Crippen molar-refractivity contribution in [2.24, 2.45) is 0 Å². The van der Waals surface area contributed by atoms with Gasteiger partial charge in [-0.3, -0.25) is 0 Å². The van der Waals surface area contributed by atoms with Crippen LogP contribution >= 0.6 is 12.2 Å². The van der Waals surface area contributed by atoms with Gasteiger partial charge < -0.3 is 29.6 Å². The molecule has 0 aliphatic heterocycles. The monoisotopic (exact) mass is 348 g/mol. The lowest BCUT2D eigenvalue weighted by Crippen LogP contribution is -2.19. The quantitative estimate of drug-likeness (QED) is 0.774. The first-order chi connectivity index (χ1) is 11.6. The second kappa shape index (κ2) is 8.26. The van der Waals surface area contributed by atoms with Gasteiger partial charge in [0.2, 0.25) is 0 Å². The van der Waals surface area contributed by atoms with Gasteiger partial charge in [0.05, 0.1) is 34.1 Å². The van der Waals surface area contributed by atoms with E-state index >= 15 is 0 Å². The van der Waals surface area contributed by atoms with Crippen LogP contribution in [0.2, 0.25) is 0 Å². The molecule has 0 amide bonds. The SMILES string of the molecule is COc1ccc(OC)c(NC(=S)Nc2ccc(OC)c(OC)c2)c1. The summed E-state index contributed by atoms with van der Waals surface area (Å²) in [6.07, 6.45) is 0. The molecule has 2 N–H and O–H groups in total. The van der Waals surface area contributed by atoms with Crippen molar-refractivity contribution in [3.8, 4) is 23.0 Å². The van der Waals surface area contributed by atoms with Gasteiger partial charge in [-0.15, -0.1) is 0 Å². The van der Waals surface area contributed by atoms with Crippen LogP contribution in [0.3, 0.4) is 0 Å². The average Bonchev–Trinajstić information content (AvgIpc) is 2.61. The Morgan fingerprint density at radius 2 is 1.42 bits per heavy atom. The van der Waals surface area contributed by atoms with Crippen LogP contribution in [0.1, 0.15) is 0 Å². The average molecular weight is 348 g/mol. The Balaban J connectivity index is 2.13. The molecule has 2 aromatic rings. The molecule has 24 heavy (non-hydrogen) atoms. The molecule has 0 saturated carbocycles. The minimum atomic E-state index is 0.411. The number of anilines is 2. The molecule has 0 spiro atoms. The number of thiocarbonyl (C=S) groups is 1. The van der Waals surface area contributed by atoms with Crippen molar-refractivity contribution in [3.05, 3.63) is 36.4 Å². The van der Waals surface area contributed by atoms with E-state index in [0.29, 0.717) is 33.8 Å². The summed E-state index contributed by atoms with van der Waals surface area (Å²) in [6, 6.07) is 10.9. The molecule has 0 unspecified atom stereocenters. The van der Waals surface area contributed by atoms with Gasteiger partial charge in [-0.2, -0.15) is 0 Å². The van der Waals surface area contributed by atoms with E-state index in [9.17, 15) is 0 Å². The molecule has 0 heterocycles. The summed E-state index contributed by atoms with van der Waals surface area (Å²) >= 11 is 5.36. The smallest absolute Gasteiger partial charge is 0.175 e. The van der Waals surface area contributed by atoms with Crippen molar-refractivity contribution in [2.45, 2.75) is 0 Å². The minimum Gasteiger partial charge on any atom is -0.497 e. The molecular formula is C17H20N2O4S. The van der Waals surface area contributed by atoms with Crippen LogP contribution in [0.25, 0.3) is 0 Å². The van der Waals surface area contributed by atoms with Crippen molar-refractivity contribution < 1.29 is 18.9 Å². The highest BCUT2D eigenvalue weighted by molar-refractivity contribution is 7.80. The van der Waals surface area contributed by atoms with Gasteiger partial charge in [-0.05, 0) is 36.5 Å². The van der Waals surface area contributed by atoms with Crippen molar-refractivity contribution in [2.75, 3.05) is 39.1 Å². The van der Waals surface area contributed by atoms with E-state index in [1.165, 1.54) is 0 Å². The fourth-order valence-corrected chi connectivity index (χ4v) is 2.34. The van der Waals surface area contributed by atoms with Crippen LogP contribution in [0, 0.1) is 0 Å². The maximum Gasteiger partial charge on any atom is 0.175 e. The molecule has 0 radical (unpaired) electrons. The molecule has 0 saturated heterocycles. The first-order valence-electron chi connectivity index (χ1n) is 7.13. The van der Waals surface area contributed by atoms with Gasteiger partial charge in [0.1, 0.15) is 11.5 Å². The Labute approximate surface area is 146 Å². The number of hydrogen-bond acceptors (Lipinski definition) is 5. The second-order valence-corrected chi connectivity index (χ2v) is 5.12. The van der Waals surface area contributed by atoms with Crippen LogP contribution in [-0.2, 0) is 0 Å². The lowest BCUT2D eigenvalue weighted by atomic mass is 10.2. The van der Waals surface area contributed by atoms with Crippen LogP contribution in [0.5, 0.6) is 23.0 Å². The number of rotatable bonds is 6. The maximum atomic E-state index is 5.36. The lowest BCUT2D eigenvalue weighted by molar-refractivity contribution is 0.355. The summed E-state index contributed by atoms with van der Waals surface area (Å²) in [7, 11) is 6.37. The fourth-order valence-electron chi connectivity index (χ4n) is 2.11. The van der Waals surface area contributed by atoms with Crippen molar-refractivity contribution in [3.63, 3.8) is 0 Å². The van der Waals surface area contributed by atoms with E-state index in [1.807, 2.05) is 12.1 Å². The summed E-state index contributed by atoms with van der Waals surface area (Å²) in [5.74, 6) is 2.63. The van der Waals surface area contributed by atoms with Crippen LogP contribution < -0.4 is 29.6 Å². The van der Waals surface area contributed by atoms with Crippen LogP contribution in [-0.4, -0.2) is 33.6 Å². The minimum absolute atomic E-state index is 0.411. The molecule has 0 bridgehead atoms. The molecular weight excluding hydrogens is 328 g/mol. The van der Waals surface area contributed by atoms with Crippen LogP contribution in [0.15, 0.2) is 36.4 Å². The molecule has 128 valence electrons. The molecule has 2 rings (SSSR count). The van der Waals surface area contributed by atoms with E-state index in [0.717, 1.165) is 5.69 Å². The number of ether oxygens (including phenoxy) is 4. The Morgan fingerprint density at radius 3 is 2.04 bits per heavy atom. The van der Waals surface area contributed by atoms with Gasteiger partial charge in [0, 0.05) is 17.8 Å². The third kappa shape index (κ3) is 4.20. The van der Waals surface area contributed by atoms with Crippen molar-refractivity contribution in [1.29, 1.82) is 0 Å². The first-order valence-corrected chi connectivity index (χ1v) is 7.54. The Kier molecular flexibility index (Phi) is 6.08. The first kappa shape index (κ1) is 17.7. The zero-order chi connectivity index (χ0) is 17.5. The van der Waals surface area contributed by atoms with Crippen LogP contribution in [0.4, 0.5) is 11.4 Å². The molecule has 0 fully saturated rings. The van der Waals surface area contributed by atoms with E-state index in [1.54, 1.807) is 52.7 Å². The molecule has 7 heteroatoms. The highest BCUT2D eigenvalue weighted by Gasteiger charge is 2.09. The summed E-state index contributed by atoms with van der Waals surface area (Å²) < 4.78 is 21.0. The topological polar surface area (TPSA) is 61.0 Å². The summed E-state index contributed by atoms with van der Waals surface area (Å²) in [5.41, 5.74) is 1.47. The molecule has 6 nitrogen and oxygen atoms in total. The van der Waals surface area contributed by atoms with Gasteiger partial charge >= 0.3 is 0 Å². The number of hydrogen-bond donors (Lipinski definition) is 2. The molecule has 0 aromatic heterocycles. The van der Waals surface area contributed by atoms with Crippen molar-refractivity contribution >= 4 is 28.7 Å². The normalized spacial score (nSPS) is 9.83. The third-order valence-electron chi connectivity index (χ3n) is 3.30. The van der Waals surface area contributed by atoms with E-state index in [4.69, 9.17) is 31.2 Å². The number of nitrogens with one attached hydrogen (secondary N) is 2. The van der Waals surface area contributed by atoms with E-state index in [-0.39, 0.29) is 0 Å². The van der Waals surface area contributed by atoms with E-state index < -0.39 is 0 Å². The summed E-state index contributed by atoms with van der Waals surface area (Å²) in [5, 5.41) is 6.60. The van der Waals surface area contributed by atoms with Gasteiger partial charge in [-0.1, -0.05) is 0 Å². The zero-order valence-electron chi connectivity index (χ0n) is 14.0. The van der Waals surface area contributed by atoms with Gasteiger partial charge in [0.25, 0.3) is 0 Å². The molecule has 0 atom stereocenters.